The smallest absolute Gasteiger partial charge is 0.254 e. The van der Waals surface area contributed by atoms with Crippen molar-refractivity contribution >= 4 is 11.8 Å². The fraction of sp³-hybridized carbons (Fsp3) is 0.500. The van der Waals surface area contributed by atoms with E-state index in [0.29, 0.717) is 23.6 Å². The lowest BCUT2D eigenvalue weighted by Gasteiger charge is -2.26. The van der Waals surface area contributed by atoms with Crippen LogP contribution in [-0.4, -0.2) is 29.8 Å². The molecule has 0 aliphatic heterocycles. The SMILES string of the molecule is N#Cc1ccc(C(=O)N(CCC2CCCCC2)CC(N)=O)cc1. The van der Waals surface area contributed by atoms with E-state index in [1.807, 2.05) is 6.07 Å². The minimum atomic E-state index is -0.504. The summed E-state index contributed by atoms with van der Waals surface area (Å²) in [6, 6.07) is 8.48. The Labute approximate surface area is 137 Å². The molecule has 0 atom stereocenters. The van der Waals surface area contributed by atoms with Gasteiger partial charge in [-0.1, -0.05) is 32.1 Å². The summed E-state index contributed by atoms with van der Waals surface area (Å²) in [7, 11) is 0. The van der Waals surface area contributed by atoms with Gasteiger partial charge in [-0.2, -0.15) is 5.26 Å². The van der Waals surface area contributed by atoms with Gasteiger partial charge in [-0.05, 0) is 36.6 Å². The molecule has 2 amide bonds. The van der Waals surface area contributed by atoms with Crippen LogP contribution in [0.25, 0.3) is 0 Å². The topological polar surface area (TPSA) is 87.2 Å². The average molecular weight is 313 g/mol. The Bertz CT molecular complexity index is 583. The van der Waals surface area contributed by atoms with Crippen molar-refractivity contribution in [3.63, 3.8) is 0 Å². The van der Waals surface area contributed by atoms with E-state index in [9.17, 15) is 9.59 Å². The maximum absolute atomic E-state index is 12.6. The molecule has 1 saturated carbocycles. The van der Waals surface area contributed by atoms with Crippen LogP contribution in [0.4, 0.5) is 0 Å². The van der Waals surface area contributed by atoms with Crippen molar-refractivity contribution < 1.29 is 9.59 Å². The number of nitriles is 1. The highest BCUT2D eigenvalue weighted by atomic mass is 16.2. The summed E-state index contributed by atoms with van der Waals surface area (Å²) in [6.07, 6.45) is 7.13. The lowest BCUT2D eigenvalue weighted by atomic mass is 9.87. The van der Waals surface area contributed by atoms with Crippen molar-refractivity contribution in [3.05, 3.63) is 35.4 Å². The van der Waals surface area contributed by atoms with Crippen molar-refractivity contribution in [1.82, 2.24) is 4.90 Å². The van der Waals surface area contributed by atoms with E-state index >= 15 is 0 Å². The summed E-state index contributed by atoms with van der Waals surface area (Å²) >= 11 is 0. The molecule has 1 aromatic carbocycles. The number of carbonyl (C=O) groups excluding carboxylic acids is 2. The largest absolute Gasteiger partial charge is 0.368 e. The van der Waals surface area contributed by atoms with Gasteiger partial charge in [0.2, 0.25) is 5.91 Å². The number of rotatable bonds is 6. The first kappa shape index (κ1) is 17.0. The van der Waals surface area contributed by atoms with Gasteiger partial charge in [-0.15, -0.1) is 0 Å². The monoisotopic (exact) mass is 313 g/mol. The van der Waals surface area contributed by atoms with Crippen molar-refractivity contribution in [2.75, 3.05) is 13.1 Å². The van der Waals surface area contributed by atoms with Crippen LogP contribution in [0.3, 0.4) is 0 Å². The van der Waals surface area contributed by atoms with Gasteiger partial charge in [0.25, 0.3) is 5.91 Å². The number of nitrogens with two attached hydrogens (primary N) is 1. The molecule has 0 unspecified atom stereocenters. The van der Waals surface area contributed by atoms with Crippen molar-refractivity contribution in [3.8, 4) is 6.07 Å². The van der Waals surface area contributed by atoms with E-state index in [1.54, 1.807) is 24.3 Å². The van der Waals surface area contributed by atoms with Gasteiger partial charge >= 0.3 is 0 Å². The first-order valence-corrected chi connectivity index (χ1v) is 8.18. The van der Waals surface area contributed by atoms with E-state index in [-0.39, 0.29) is 12.5 Å². The van der Waals surface area contributed by atoms with Crippen molar-refractivity contribution in [2.45, 2.75) is 38.5 Å². The van der Waals surface area contributed by atoms with E-state index in [0.717, 1.165) is 6.42 Å². The average Bonchev–Trinajstić information content (AvgIpc) is 2.58. The van der Waals surface area contributed by atoms with E-state index in [1.165, 1.54) is 37.0 Å². The maximum atomic E-state index is 12.6. The van der Waals surface area contributed by atoms with Crippen LogP contribution in [0.2, 0.25) is 0 Å². The van der Waals surface area contributed by atoms with Crippen LogP contribution in [0, 0.1) is 17.2 Å². The van der Waals surface area contributed by atoms with Crippen LogP contribution >= 0.6 is 0 Å². The van der Waals surface area contributed by atoms with Gasteiger partial charge < -0.3 is 10.6 Å². The Kier molecular flexibility index (Phi) is 6.16. The van der Waals surface area contributed by atoms with Gasteiger partial charge in [0.1, 0.15) is 0 Å². The normalized spacial score (nSPS) is 14.9. The molecule has 1 aromatic rings. The molecule has 1 fully saturated rings. The third kappa shape index (κ3) is 5.10. The Hall–Kier alpha value is -2.35. The van der Waals surface area contributed by atoms with Crippen LogP contribution in [-0.2, 0) is 4.79 Å². The summed E-state index contributed by atoms with van der Waals surface area (Å²) in [5.74, 6) is -0.0763. The van der Waals surface area contributed by atoms with Gasteiger partial charge in [0.05, 0.1) is 18.2 Å². The molecule has 1 aliphatic rings. The quantitative estimate of drug-likeness (QED) is 0.875. The third-order valence-electron chi connectivity index (χ3n) is 4.43. The van der Waals surface area contributed by atoms with E-state index in [2.05, 4.69) is 0 Å². The van der Waals surface area contributed by atoms with E-state index in [4.69, 9.17) is 11.0 Å². The highest BCUT2D eigenvalue weighted by molar-refractivity contribution is 5.96. The number of hydrogen-bond acceptors (Lipinski definition) is 3. The molecule has 2 rings (SSSR count). The predicted molar refractivity (Wildman–Crippen MR) is 87.4 cm³/mol. The second-order valence-electron chi connectivity index (χ2n) is 6.17. The molecule has 5 heteroatoms. The Morgan fingerprint density at radius 3 is 2.39 bits per heavy atom. The minimum absolute atomic E-state index is 0.0639. The van der Waals surface area contributed by atoms with Gasteiger partial charge in [0, 0.05) is 12.1 Å². The molecule has 23 heavy (non-hydrogen) atoms. The summed E-state index contributed by atoms with van der Waals surface area (Å²) in [4.78, 5) is 25.4. The zero-order valence-electron chi connectivity index (χ0n) is 13.3. The second-order valence-corrected chi connectivity index (χ2v) is 6.17. The molecule has 1 aliphatic carbocycles. The summed E-state index contributed by atoms with van der Waals surface area (Å²) in [5.41, 5.74) is 6.27. The van der Waals surface area contributed by atoms with E-state index < -0.39 is 5.91 Å². The molecule has 5 nitrogen and oxygen atoms in total. The Morgan fingerprint density at radius 2 is 1.83 bits per heavy atom. The van der Waals surface area contributed by atoms with Crippen LogP contribution in [0.5, 0.6) is 0 Å². The standard InChI is InChI=1S/C18H23N3O2/c19-12-15-6-8-16(9-7-15)18(23)21(13-17(20)22)11-10-14-4-2-1-3-5-14/h6-9,14H,1-5,10-11,13H2,(H2,20,22). The van der Waals surface area contributed by atoms with Crippen LogP contribution in [0.15, 0.2) is 24.3 Å². The first-order chi connectivity index (χ1) is 11.1. The first-order valence-electron chi connectivity index (χ1n) is 8.18. The molecule has 0 heterocycles. The maximum Gasteiger partial charge on any atom is 0.254 e. The highest BCUT2D eigenvalue weighted by Crippen LogP contribution is 2.26. The van der Waals surface area contributed by atoms with Crippen LogP contribution in [0.1, 0.15) is 54.4 Å². The van der Waals surface area contributed by atoms with Crippen molar-refractivity contribution in [2.24, 2.45) is 11.7 Å². The molecule has 0 aromatic heterocycles. The summed E-state index contributed by atoms with van der Waals surface area (Å²) in [5, 5.41) is 8.82. The minimum Gasteiger partial charge on any atom is -0.368 e. The summed E-state index contributed by atoms with van der Waals surface area (Å²) < 4.78 is 0. The predicted octanol–water partition coefficient (Wildman–Crippen LogP) is 2.46. The molecule has 0 saturated heterocycles. The van der Waals surface area contributed by atoms with Gasteiger partial charge in [0.15, 0.2) is 0 Å². The lowest BCUT2D eigenvalue weighted by Crippen LogP contribution is -2.39. The fourth-order valence-electron chi connectivity index (χ4n) is 3.12. The summed E-state index contributed by atoms with van der Waals surface area (Å²) in [6.45, 7) is 0.484. The highest BCUT2D eigenvalue weighted by Gasteiger charge is 2.20. The van der Waals surface area contributed by atoms with Crippen LogP contribution < -0.4 is 5.73 Å². The second kappa shape index (κ2) is 8.33. The molecule has 2 N–H and O–H groups in total. The van der Waals surface area contributed by atoms with Gasteiger partial charge in [-0.25, -0.2) is 0 Å². The van der Waals surface area contributed by atoms with Gasteiger partial charge in [-0.3, -0.25) is 9.59 Å². The molecule has 0 radical (unpaired) electrons. The lowest BCUT2D eigenvalue weighted by molar-refractivity contribution is -0.118. The zero-order valence-corrected chi connectivity index (χ0v) is 13.3. The molecule has 0 bridgehead atoms. The molecular formula is C18H23N3O2. The number of carbonyl (C=O) groups is 2. The Morgan fingerprint density at radius 1 is 1.17 bits per heavy atom. The number of benzene rings is 1. The number of primary amides is 1. The zero-order chi connectivity index (χ0) is 16.7. The molecule has 122 valence electrons. The molecular weight excluding hydrogens is 290 g/mol. The third-order valence-corrected chi connectivity index (χ3v) is 4.43. The van der Waals surface area contributed by atoms with Crippen molar-refractivity contribution in [1.29, 1.82) is 5.26 Å². The number of nitrogens with zero attached hydrogens (tertiary/aromatic N) is 2. The Balaban J connectivity index is 2.01. The number of amides is 2. The number of hydrogen-bond donors (Lipinski definition) is 1. The molecule has 0 spiro atoms. The fourth-order valence-corrected chi connectivity index (χ4v) is 3.12.